The number of hydrogen-bond acceptors (Lipinski definition) is 3. The number of nitrogens with zero attached hydrogens (tertiary/aromatic N) is 3. The van der Waals surface area contributed by atoms with Crippen LogP contribution in [0.3, 0.4) is 0 Å². The molecule has 0 aliphatic heterocycles. The van der Waals surface area contributed by atoms with Gasteiger partial charge in [0.2, 0.25) is 0 Å². The van der Waals surface area contributed by atoms with Gasteiger partial charge in [0.1, 0.15) is 5.82 Å². The average Bonchev–Trinajstić information content (AvgIpc) is 2.59. The minimum Gasteiger partial charge on any atom is -0.324 e. The quantitative estimate of drug-likeness (QED) is 0.835. The van der Waals surface area contributed by atoms with Gasteiger partial charge < -0.3 is 5.73 Å². The molecule has 16 heavy (non-hydrogen) atoms. The molecular formula is C12H16N4. The van der Waals surface area contributed by atoms with E-state index in [1.807, 2.05) is 25.3 Å². The van der Waals surface area contributed by atoms with Crippen LogP contribution in [0.25, 0.3) is 5.65 Å². The van der Waals surface area contributed by atoms with Gasteiger partial charge in [0.15, 0.2) is 5.65 Å². The van der Waals surface area contributed by atoms with Crippen molar-refractivity contribution in [3.05, 3.63) is 29.7 Å². The number of rotatable bonds is 2. The molecule has 0 bridgehead atoms. The number of aromatic nitrogens is 3. The second-order valence-corrected chi connectivity index (χ2v) is 4.63. The zero-order valence-corrected chi connectivity index (χ0v) is 9.43. The van der Waals surface area contributed by atoms with Gasteiger partial charge >= 0.3 is 0 Å². The fourth-order valence-electron chi connectivity index (χ4n) is 2.25. The summed E-state index contributed by atoms with van der Waals surface area (Å²) < 4.78 is 2.10. The van der Waals surface area contributed by atoms with E-state index in [0.717, 1.165) is 17.0 Å². The van der Waals surface area contributed by atoms with Crippen molar-refractivity contribution < 1.29 is 0 Å². The lowest BCUT2D eigenvalue weighted by Crippen LogP contribution is -2.13. The first-order valence-electron chi connectivity index (χ1n) is 5.86. The fourth-order valence-corrected chi connectivity index (χ4v) is 2.25. The number of hydrogen-bond donors (Lipinski definition) is 1. The molecule has 1 atom stereocenters. The van der Waals surface area contributed by atoms with E-state index in [2.05, 4.69) is 14.6 Å². The van der Waals surface area contributed by atoms with Gasteiger partial charge in [0, 0.05) is 23.7 Å². The molecule has 1 fully saturated rings. The molecule has 0 radical (unpaired) electrons. The van der Waals surface area contributed by atoms with Gasteiger partial charge in [-0.3, -0.25) is 4.40 Å². The van der Waals surface area contributed by atoms with Gasteiger partial charge in [0.25, 0.3) is 0 Å². The Balaban J connectivity index is 2.16. The van der Waals surface area contributed by atoms with E-state index in [0.29, 0.717) is 5.92 Å². The summed E-state index contributed by atoms with van der Waals surface area (Å²) in [5.41, 5.74) is 7.92. The third-order valence-corrected chi connectivity index (χ3v) is 3.45. The molecule has 2 N–H and O–H groups in total. The molecule has 84 valence electrons. The predicted octanol–water partition coefficient (Wildman–Crippen LogP) is 2.02. The molecule has 1 saturated carbocycles. The maximum atomic E-state index is 5.93. The molecule has 0 saturated heterocycles. The minimum absolute atomic E-state index is 0.00198. The molecule has 1 aliphatic carbocycles. The van der Waals surface area contributed by atoms with Crippen molar-refractivity contribution in [2.45, 2.75) is 38.1 Å². The Morgan fingerprint density at radius 1 is 1.44 bits per heavy atom. The average molecular weight is 216 g/mol. The van der Waals surface area contributed by atoms with E-state index in [9.17, 15) is 0 Å². The van der Waals surface area contributed by atoms with Crippen LogP contribution in [0, 0.1) is 0 Å². The Morgan fingerprint density at radius 2 is 2.25 bits per heavy atom. The summed E-state index contributed by atoms with van der Waals surface area (Å²) in [7, 11) is 0. The van der Waals surface area contributed by atoms with Crippen LogP contribution in [0.2, 0.25) is 0 Å². The van der Waals surface area contributed by atoms with Crippen molar-refractivity contribution in [3.63, 3.8) is 0 Å². The van der Waals surface area contributed by atoms with Crippen LogP contribution in [-0.4, -0.2) is 14.6 Å². The lowest BCUT2D eigenvalue weighted by molar-refractivity contribution is 0.399. The smallest absolute Gasteiger partial charge is 0.165 e. The molecule has 0 spiro atoms. The van der Waals surface area contributed by atoms with Gasteiger partial charge in [-0.15, -0.1) is 10.2 Å². The van der Waals surface area contributed by atoms with Crippen molar-refractivity contribution in [1.29, 1.82) is 0 Å². The standard InChI is InChI=1S/C12H16N4/c1-8(13)10-6-3-7-16-11(9-4-2-5-9)14-15-12(10)16/h3,6-9H,2,4-5,13H2,1H3. The maximum Gasteiger partial charge on any atom is 0.165 e. The third kappa shape index (κ3) is 1.33. The number of fused-ring (bicyclic) bond motifs is 1. The van der Waals surface area contributed by atoms with Crippen LogP contribution < -0.4 is 5.73 Å². The van der Waals surface area contributed by atoms with Crippen LogP contribution in [0.1, 0.15) is 49.5 Å². The molecule has 1 aliphatic rings. The van der Waals surface area contributed by atoms with Crippen molar-refractivity contribution in [3.8, 4) is 0 Å². The lowest BCUT2D eigenvalue weighted by atomic mass is 9.85. The molecule has 2 aromatic heterocycles. The van der Waals surface area contributed by atoms with Crippen LogP contribution >= 0.6 is 0 Å². The second kappa shape index (κ2) is 3.56. The summed E-state index contributed by atoms with van der Waals surface area (Å²) in [4.78, 5) is 0. The Morgan fingerprint density at radius 3 is 2.88 bits per heavy atom. The van der Waals surface area contributed by atoms with Crippen LogP contribution in [-0.2, 0) is 0 Å². The van der Waals surface area contributed by atoms with Crippen molar-refractivity contribution in [2.24, 2.45) is 5.73 Å². The first kappa shape index (κ1) is 9.78. The molecule has 2 aromatic rings. The molecule has 4 nitrogen and oxygen atoms in total. The Hall–Kier alpha value is -1.42. The Labute approximate surface area is 94.5 Å². The van der Waals surface area contributed by atoms with Crippen LogP contribution in [0.5, 0.6) is 0 Å². The first-order chi connectivity index (χ1) is 7.77. The van der Waals surface area contributed by atoms with E-state index in [4.69, 9.17) is 5.73 Å². The van der Waals surface area contributed by atoms with Gasteiger partial charge in [-0.05, 0) is 25.8 Å². The first-order valence-corrected chi connectivity index (χ1v) is 5.86. The number of nitrogens with two attached hydrogens (primary N) is 1. The van der Waals surface area contributed by atoms with Crippen molar-refractivity contribution >= 4 is 5.65 Å². The summed E-state index contributed by atoms with van der Waals surface area (Å²) >= 11 is 0. The SMILES string of the molecule is CC(N)c1cccn2c(C3CCC3)nnc12. The monoisotopic (exact) mass is 216 g/mol. The van der Waals surface area contributed by atoms with Gasteiger partial charge in [-0.2, -0.15) is 0 Å². The van der Waals surface area contributed by atoms with Gasteiger partial charge in [-0.1, -0.05) is 12.5 Å². The van der Waals surface area contributed by atoms with E-state index in [1.165, 1.54) is 19.3 Å². The van der Waals surface area contributed by atoms with E-state index < -0.39 is 0 Å². The summed E-state index contributed by atoms with van der Waals surface area (Å²) in [5.74, 6) is 1.70. The second-order valence-electron chi connectivity index (χ2n) is 4.63. The van der Waals surface area contributed by atoms with Crippen LogP contribution in [0.4, 0.5) is 0 Å². The highest BCUT2D eigenvalue weighted by molar-refractivity contribution is 5.49. The predicted molar refractivity (Wildman–Crippen MR) is 62.2 cm³/mol. The zero-order valence-electron chi connectivity index (χ0n) is 9.43. The molecular weight excluding hydrogens is 200 g/mol. The molecule has 3 rings (SSSR count). The summed E-state index contributed by atoms with van der Waals surface area (Å²) in [6, 6.07) is 4.05. The molecule has 4 heteroatoms. The topological polar surface area (TPSA) is 56.2 Å². The lowest BCUT2D eigenvalue weighted by Gasteiger charge is -2.23. The van der Waals surface area contributed by atoms with Crippen molar-refractivity contribution in [1.82, 2.24) is 14.6 Å². The maximum absolute atomic E-state index is 5.93. The highest BCUT2D eigenvalue weighted by atomic mass is 15.2. The highest BCUT2D eigenvalue weighted by Gasteiger charge is 2.25. The highest BCUT2D eigenvalue weighted by Crippen LogP contribution is 2.35. The largest absolute Gasteiger partial charge is 0.324 e. The van der Waals surface area contributed by atoms with E-state index in [-0.39, 0.29) is 6.04 Å². The third-order valence-electron chi connectivity index (χ3n) is 3.45. The summed E-state index contributed by atoms with van der Waals surface area (Å²) in [5, 5.41) is 8.59. The minimum atomic E-state index is 0.00198. The normalized spacial score (nSPS) is 18.6. The summed E-state index contributed by atoms with van der Waals surface area (Å²) in [6.45, 7) is 1.98. The van der Waals surface area contributed by atoms with Crippen molar-refractivity contribution in [2.75, 3.05) is 0 Å². The summed E-state index contributed by atoms with van der Waals surface area (Å²) in [6.07, 6.45) is 5.83. The van der Waals surface area contributed by atoms with Gasteiger partial charge in [-0.25, -0.2) is 0 Å². The Kier molecular flexibility index (Phi) is 2.17. The van der Waals surface area contributed by atoms with E-state index >= 15 is 0 Å². The molecule has 2 heterocycles. The number of pyridine rings is 1. The zero-order chi connectivity index (χ0) is 11.1. The molecule has 0 amide bonds. The molecule has 1 unspecified atom stereocenters. The Bertz CT molecular complexity index is 511. The van der Waals surface area contributed by atoms with Crippen LogP contribution in [0.15, 0.2) is 18.3 Å². The van der Waals surface area contributed by atoms with E-state index in [1.54, 1.807) is 0 Å². The molecule has 0 aromatic carbocycles. The van der Waals surface area contributed by atoms with Gasteiger partial charge in [0.05, 0.1) is 0 Å². The fraction of sp³-hybridized carbons (Fsp3) is 0.500.